The van der Waals surface area contributed by atoms with Gasteiger partial charge in [-0.1, -0.05) is 6.07 Å². The lowest BCUT2D eigenvalue weighted by atomic mass is 10.1. The van der Waals surface area contributed by atoms with E-state index in [-0.39, 0.29) is 43.3 Å². The van der Waals surface area contributed by atoms with Crippen LogP contribution in [0, 0.1) is 5.41 Å². The fourth-order valence-corrected chi connectivity index (χ4v) is 3.82. The van der Waals surface area contributed by atoms with E-state index in [1.807, 2.05) is 43.5 Å². The molecule has 31 heavy (non-hydrogen) atoms. The number of ether oxygens (including phenoxy) is 1. The third-order valence-electron chi connectivity index (χ3n) is 4.59. The molecule has 1 fully saturated rings. The highest BCUT2D eigenvalue weighted by Gasteiger charge is 2.11. The van der Waals surface area contributed by atoms with Crippen molar-refractivity contribution in [1.82, 2.24) is 15.5 Å². The Morgan fingerprint density at radius 3 is 2.58 bits per heavy atom. The summed E-state index contributed by atoms with van der Waals surface area (Å²) in [4.78, 5) is 3.41. The second-order valence-electron chi connectivity index (χ2n) is 7.23. The van der Waals surface area contributed by atoms with Gasteiger partial charge in [0, 0.05) is 57.1 Å². The van der Waals surface area contributed by atoms with E-state index in [0.29, 0.717) is 5.84 Å². The molecule has 0 radical (unpaired) electrons. The van der Waals surface area contributed by atoms with Crippen molar-refractivity contribution in [1.29, 1.82) is 5.41 Å². The Morgan fingerprint density at radius 1 is 1.19 bits per heavy atom. The zero-order valence-electron chi connectivity index (χ0n) is 18.0. The zero-order valence-corrected chi connectivity index (χ0v) is 21.2. The van der Waals surface area contributed by atoms with Crippen LogP contribution in [0.5, 0.6) is 5.75 Å². The van der Waals surface area contributed by atoms with Crippen molar-refractivity contribution in [2.24, 2.45) is 0 Å². The Hall–Kier alpha value is -1.06. The van der Waals surface area contributed by atoms with Gasteiger partial charge in [-0.3, -0.25) is 10.3 Å². The highest BCUT2D eigenvalue weighted by Crippen LogP contribution is 2.25. The number of benzene rings is 1. The van der Waals surface area contributed by atoms with Crippen LogP contribution in [-0.2, 0) is 6.54 Å². The molecule has 1 aromatic heterocycles. The summed E-state index contributed by atoms with van der Waals surface area (Å²) < 4.78 is 5.99. The van der Waals surface area contributed by atoms with E-state index < -0.39 is 0 Å². The molecule has 10 heteroatoms. The van der Waals surface area contributed by atoms with Crippen LogP contribution < -0.4 is 20.7 Å². The molecule has 6 nitrogen and oxygen atoms in total. The van der Waals surface area contributed by atoms with Gasteiger partial charge in [0.05, 0.1) is 11.0 Å². The Morgan fingerprint density at radius 2 is 1.94 bits per heavy atom. The van der Waals surface area contributed by atoms with E-state index in [4.69, 9.17) is 10.1 Å². The predicted octanol–water partition coefficient (Wildman–Crippen LogP) is 4.23. The van der Waals surface area contributed by atoms with Gasteiger partial charge < -0.3 is 20.7 Å². The summed E-state index contributed by atoms with van der Waals surface area (Å²) in [6, 6.07) is 9.97. The number of nitrogens with zero attached hydrogens (tertiary/aromatic N) is 1. The largest absolute Gasteiger partial charge is 0.491 e. The summed E-state index contributed by atoms with van der Waals surface area (Å²) in [5, 5.41) is 20.4. The first-order valence-corrected chi connectivity index (χ1v) is 10.8. The van der Waals surface area contributed by atoms with E-state index in [1.165, 1.54) is 0 Å². The minimum atomic E-state index is 0. The molecular weight excluding hydrogens is 477 g/mol. The second kappa shape index (κ2) is 15.7. The standard InChI is InChI=1S/C21H31N5OS.3ClH/c1-16(2)27-19-6-5-18(25-21(22)20-4-3-13-28-20)14-17(19)15-24-9-12-26-10-7-23-8-11-26;;;/h3-6,13-14,16,23-24H,7-12,15H2,1-2H3,(H2,22,25);3*1H. The van der Waals surface area contributed by atoms with E-state index >= 15 is 0 Å². The van der Waals surface area contributed by atoms with E-state index in [0.717, 1.165) is 67.7 Å². The molecule has 0 aliphatic carbocycles. The summed E-state index contributed by atoms with van der Waals surface area (Å²) in [7, 11) is 0. The number of anilines is 1. The fourth-order valence-electron chi connectivity index (χ4n) is 3.19. The van der Waals surface area contributed by atoms with Crippen LogP contribution in [0.1, 0.15) is 24.3 Å². The smallest absolute Gasteiger partial charge is 0.140 e. The number of hydrogen-bond donors (Lipinski definition) is 4. The number of nitrogens with one attached hydrogen (secondary N) is 4. The highest BCUT2D eigenvalue weighted by molar-refractivity contribution is 7.12. The normalized spacial score (nSPS) is 13.5. The topological polar surface area (TPSA) is 72.4 Å². The molecule has 0 amide bonds. The molecular formula is C21H34Cl3N5OS. The van der Waals surface area contributed by atoms with Gasteiger partial charge in [-0.25, -0.2) is 0 Å². The summed E-state index contributed by atoms with van der Waals surface area (Å²) in [6.07, 6.45) is 0.128. The van der Waals surface area contributed by atoms with Gasteiger partial charge in [0.2, 0.25) is 0 Å². The van der Waals surface area contributed by atoms with Gasteiger partial charge in [-0.05, 0) is 43.5 Å². The first kappa shape index (κ1) is 29.9. The van der Waals surface area contributed by atoms with E-state index in [9.17, 15) is 0 Å². The Bertz CT molecular complexity index is 755. The van der Waals surface area contributed by atoms with Crippen molar-refractivity contribution >= 4 is 60.1 Å². The van der Waals surface area contributed by atoms with Gasteiger partial charge in [0.1, 0.15) is 11.6 Å². The van der Waals surface area contributed by atoms with Crippen LogP contribution in [0.2, 0.25) is 0 Å². The molecule has 1 aromatic carbocycles. The number of piperazine rings is 1. The molecule has 0 bridgehead atoms. The van der Waals surface area contributed by atoms with Crippen molar-refractivity contribution in [2.45, 2.75) is 26.5 Å². The third-order valence-corrected chi connectivity index (χ3v) is 5.48. The quantitative estimate of drug-likeness (QED) is 0.231. The molecule has 4 N–H and O–H groups in total. The second-order valence-corrected chi connectivity index (χ2v) is 8.18. The molecule has 0 spiro atoms. The lowest BCUT2D eigenvalue weighted by Gasteiger charge is -2.27. The number of amidine groups is 1. The molecule has 3 rings (SSSR count). The van der Waals surface area contributed by atoms with Crippen LogP contribution in [-0.4, -0.2) is 56.1 Å². The van der Waals surface area contributed by atoms with Crippen molar-refractivity contribution in [3.8, 4) is 5.75 Å². The van der Waals surface area contributed by atoms with Crippen LogP contribution >= 0.6 is 48.6 Å². The number of hydrogen-bond acceptors (Lipinski definition) is 6. The molecule has 2 aromatic rings. The predicted molar refractivity (Wildman–Crippen MR) is 140 cm³/mol. The van der Waals surface area contributed by atoms with Crippen LogP contribution in [0.15, 0.2) is 35.7 Å². The van der Waals surface area contributed by atoms with Gasteiger partial charge in [-0.15, -0.1) is 48.6 Å². The number of thiophene rings is 1. The average Bonchev–Trinajstić information content (AvgIpc) is 3.22. The highest BCUT2D eigenvalue weighted by atomic mass is 35.5. The van der Waals surface area contributed by atoms with Crippen LogP contribution in [0.4, 0.5) is 5.69 Å². The van der Waals surface area contributed by atoms with Crippen molar-refractivity contribution in [2.75, 3.05) is 44.6 Å². The molecule has 0 saturated carbocycles. The Labute approximate surface area is 208 Å². The SMILES string of the molecule is CC(C)Oc1ccc(NC(=N)c2cccs2)cc1CNCCN1CCNCC1.Cl.Cl.Cl. The average molecular weight is 511 g/mol. The molecule has 176 valence electrons. The Balaban J connectivity index is 0.00000300. The molecule has 1 aliphatic heterocycles. The maximum Gasteiger partial charge on any atom is 0.140 e. The lowest BCUT2D eigenvalue weighted by Crippen LogP contribution is -2.45. The zero-order chi connectivity index (χ0) is 19.8. The molecule has 0 unspecified atom stereocenters. The third kappa shape index (κ3) is 9.95. The van der Waals surface area contributed by atoms with Crippen molar-refractivity contribution in [3.63, 3.8) is 0 Å². The van der Waals surface area contributed by atoms with Crippen LogP contribution in [0.25, 0.3) is 0 Å². The summed E-state index contributed by atoms with van der Waals surface area (Å²) in [5.74, 6) is 1.32. The maximum atomic E-state index is 8.24. The van der Waals surface area contributed by atoms with Crippen molar-refractivity contribution in [3.05, 3.63) is 46.2 Å². The minimum Gasteiger partial charge on any atom is -0.491 e. The molecule has 1 saturated heterocycles. The molecule has 2 heterocycles. The minimum absolute atomic E-state index is 0. The van der Waals surface area contributed by atoms with Gasteiger partial charge in [0.25, 0.3) is 0 Å². The maximum absolute atomic E-state index is 8.24. The van der Waals surface area contributed by atoms with Crippen LogP contribution in [0.3, 0.4) is 0 Å². The molecule has 1 aliphatic rings. The van der Waals surface area contributed by atoms with Gasteiger partial charge in [-0.2, -0.15) is 0 Å². The van der Waals surface area contributed by atoms with Gasteiger partial charge >= 0.3 is 0 Å². The monoisotopic (exact) mass is 509 g/mol. The fraction of sp³-hybridized carbons (Fsp3) is 0.476. The first-order valence-electron chi connectivity index (χ1n) is 9.94. The lowest BCUT2D eigenvalue weighted by molar-refractivity contribution is 0.236. The number of rotatable bonds is 9. The first-order chi connectivity index (χ1) is 13.6. The van der Waals surface area contributed by atoms with Crippen molar-refractivity contribution < 1.29 is 4.74 Å². The molecule has 0 atom stereocenters. The summed E-state index contributed by atoms with van der Waals surface area (Å²) >= 11 is 1.56. The summed E-state index contributed by atoms with van der Waals surface area (Å²) in [5.41, 5.74) is 2.02. The summed E-state index contributed by atoms with van der Waals surface area (Å²) in [6.45, 7) is 11.2. The van der Waals surface area contributed by atoms with E-state index in [2.05, 4.69) is 26.9 Å². The Kier molecular flexibility index (Phi) is 15.2. The number of halogens is 3. The van der Waals surface area contributed by atoms with Gasteiger partial charge in [0.15, 0.2) is 0 Å². The van der Waals surface area contributed by atoms with E-state index in [1.54, 1.807) is 11.3 Å².